The van der Waals surface area contributed by atoms with Crippen LogP contribution in [-0.4, -0.2) is 38.8 Å². The number of nitrogens with zero attached hydrogens (tertiary/aromatic N) is 3. The average Bonchev–Trinajstić information content (AvgIpc) is 2.86. The normalized spacial score (nSPS) is 19.9. The summed E-state index contributed by atoms with van der Waals surface area (Å²) in [7, 11) is 0. The SMILES string of the molecule is CC[C@@H]1CCCCCN1C(=O)CCCCc1cn[nH]n1. The first kappa shape index (κ1) is 15.0. The van der Waals surface area contributed by atoms with E-state index in [1.165, 1.54) is 25.7 Å². The van der Waals surface area contributed by atoms with Crippen LogP contribution in [0.15, 0.2) is 6.20 Å². The first-order valence-electron chi connectivity index (χ1n) is 7.95. The van der Waals surface area contributed by atoms with Crippen LogP contribution < -0.4 is 0 Å². The lowest BCUT2D eigenvalue weighted by atomic mass is 10.1. The molecule has 0 spiro atoms. The van der Waals surface area contributed by atoms with Gasteiger partial charge in [-0.1, -0.05) is 19.8 Å². The molecule has 20 heavy (non-hydrogen) atoms. The van der Waals surface area contributed by atoms with E-state index in [0.717, 1.165) is 37.9 Å². The van der Waals surface area contributed by atoms with Crippen LogP contribution in [-0.2, 0) is 11.2 Å². The van der Waals surface area contributed by atoms with E-state index < -0.39 is 0 Å². The predicted molar refractivity (Wildman–Crippen MR) is 78.2 cm³/mol. The highest BCUT2D eigenvalue weighted by molar-refractivity contribution is 5.76. The lowest BCUT2D eigenvalue weighted by Crippen LogP contribution is -2.39. The molecular formula is C15H26N4O. The number of aromatic nitrogens is 3. The molecular weight excluding hydrogens is 252 g/mol. The quantitative estimate of drug-likeness (QED) is 0.814. The molecule has 5 nitrogen and oxygen atoms in total. The third-order valence-corrected chi connectivity index (χ3v) is 4.21. The molecule has 0 aliphatic carbocycles. The van der Waals surface area contributed by atoms with Crippen molar-refractivity contribution in [3.63, 3.8) is 0 Å². The van der Waals surface area contributed by atoms with Gasteiger partial charge in [0.05, 0.1) is 11.9 Å². The molecule has 2 heterocycles. The fourth-order valence-corrected chi connectivity index (χ4v) is 3.00. The lowest BCUT2D eigenvalue weighted by molar-refractivity contribution is -0.133. The second kappa shape index (κ2) is 8.02. The summed E-state index contributed by atoms with van der Waals surface area (Å²) in [6, 6.07) is 0.473. The minimum absolute atomic E-state index is 0.346. The van der Waals surface area contributed by atoms with E-state index in [2.05, 4.69) is 27.2 Å². The summed E-state index contributed by atoms with van der Waals surface area (Å²) in [5.74, 6) is 0.346. The van der Waals surface area contributed by atoms with Crippen LogP contribution in [0.2, 0.25) is 0 Å². The maximum Gasteiger partial charge on any atom is 0.222 e. The van der Waals surface area contributed by atoms with Gasteiger partial charge in [-0.15, -0.1) is 0 Å². The van der Waals surface area contributed by atoms with Gasteiger partial charge in [-0.25, -0.2) is 0 Å². The summed E-state index contributed by atoms with van der Waals surface area (Å²) >= 11 is 0. The van der Waals surface area contributed by atoms with Crippen LogP contribution in [0.4, 0.5) is 0 Å². The van der Waals surface area contributed by atoms with E-state index in [1.807, 2.05) is 0 Å². The van der Waals surface area contributed by atoms with Gasteiger partial charge >= 0.3 is 0 Å². The molecule has 0 aromatic carbocycles. The smallest absolute Gasteiger partial charge is 0.222 e. The standard InChI is InChI=1S/C15H26N4O/c1-2-14-9-4-3-7-11-19(14)15(20)10-6-5-8-13-12-16-18-17-13/h12,14H,2-11H2,1H3,(H,16,17,18)/t14-/m1/s1. The fraction of sp³-hybridized carbons (Fsp3) is 0.800. The fourth-order valence-electron chi connectivity index (χ4n) is 3.00. The van der Waals surface area contributed by atoms with Gasteiger partial charge in [-0.3, -0.25) is 4.79 Å². The van der Waals surface area contributed by atoms with Gasteiger partial charge in [-0.2, -0.15) is 15.4 Å². The summed E-state index contributed by atoms with van der Waals surface area (Å²) in [4.78, 5) is 14.5. The number of carbonyl (C=O) groups is 1. The van der Waals surface area contributed by atoms with Gasteiger partial charge in [0, 0.05) is 19.0 Å². The van der Waals surface area contributed by atoms with E-state index in [9.17, 15) is 4.79 Å². The second-order valence-corrected chi connectivity index (χ2v) is 5.67. The van der Waals surface area contributed by atoms with Crippen LogP contribution in [0.25, 0.3) is 0 Å². The van der Waals surface area contributed by atoms with Crippen molar-refractivity contribution in [3.8, 4) is 0 Å². The van der Waals surface area contributed by atoms with Crippen molar-refractivity contribution in [1.29, 1.82) is 0 Å². The first-order chi connectivity index (χ1) is 9.81. The molecule has 1 saturated heterocycles. The molecule has 1 atom stereocenters. The molecule has 1 aliphatic rings. The Morgan fingerprint density at radius 1 is 1.40 bits per heavy atom. The zero-order valence-corrected chi connectivity index (χ0v) is 12.5. The number of aryl methyl sites for hydroxylation is 1. The van der Waals surface area contributed by atoms with Crippen molar-refractivity contribution in [3.05, 3.63) is 11.9 Å². The molecule has 5 heteroatoms. The average molecular weight is 278 g/mol. The lowest BCUT2D eigenvalue weighted by Gasteiger charge is -2.29. The van der Waals surface area contributed by atoms with Crippen LogP contribution in [0.3, 0.4) is 0 Å². The summed E-state index contributed by atoms with van der Waals surface area (Å²) in [6.45, 7) is 3.15. The molecule has 0 unspecified atom stereocenters. The van der Waals surface area contributed by atoms with Gasteiger partial charge in [0.25, 0.3) is 0 Å². The zero-order valence-electron chi connectivity index (χ0n) is 12.5. The highest BCUT2D eigenvalue weighted by atomic mass is 16.2. The number of carbonyl (C=O) groups excluding carboxylic acids is 1. The van der Waals surface area contributed by atoms with Crippen molar-refractivity contribution in [2.75, 3.05) is 6.54 Å². The van der Waals surface area contributed by atoms with E-state index in [4.69, 9.17) is 0 Å². The van der Waals surface area contributed by atoms with Gasteiger partial charge in [0.1, 0.15) is 0 Å². The largest absolute Gasteiger partial charge is 0.340 e. The highest BCUT2D eigenvalue weighted by Gasteiger charge is 2.23. The Hall–Kier alpha value is -1.39. The Kier molecular flexibility index (Phi) is 6.02. The summed E-state index contributed by atoms with van der Waals surface area (Å²) in [5.41, 5.74) is 0.985. The van der Waals surface area contributed by atoms with E-state index in [0.29, 0.717) is 18.4 Å². The second-order valence-electron chi connectivity index (χ2n) is 5.67. The molecule has 1 aromatic rings. The molecule has 112 valence electrons. The third-order valence-electron chi connectivity index (χ3n) is 4.21. The van der Waals surface area contributed by atoms with E-state index in [1.54, 1.807) is 6.20 Å². The van der Waals surface area contributed by atoms with Crippen molar-refractivity contribution in [2.45, 2.75) is 70.8 Å². The summed E-state index contributed by atoms with van der Waals surface area (Å²) < 4.78 is 0. The maximum atomic E-state index is 12.4. The number of H-pyrrole nitrogens is 1. The molecule has 1 N–H and O–H groups in total. The minimum Gasteiger partial charge on any atom is -0.340 e. The molecule has 1 aliphatic heterocycles. The Bertz CT molecular complexity index is 391. The van der Waals surface area contributed by atoms with Gasteiger partial charge in [-0.05, 0) is 38.5 Å². The summed E-state index contributed by atoms with van der Waals surface area (Å²) in [5, 5.41) is 10.4. The number of hydrogen-bond acceptors (Lipinski definition) is 3. The molecule has 1 fully saturated rings. The number of likely N-dealkylation sites (tertiary alicyclic amines) is 1. The third kappa shape index (κ3) is 4.32. The Labute approximate surface area is 121 Å². The first-order valence-corrected chi connectivity index (χ1v) is 7.95. The monoisotopic (exact) mass is 278 g/mol. The topological polar surface area (TPSA) is 61.9 Å². The van der Waals surface area contributed by atoms with Crippen LogP contribution in [0, 0.1) is 0 Å². The van der Waals surface area contributed by atoms with Crippen molar-refractivity contribution in [2.24, 2.45) is 0 Å². The van der Waals surface area contributed by atoms with E-state index in [-0.39, 0.29) is 0 Å². The zero-order chi connectivity index (χ0) is 14.2. The van der Waals surface area contributed by atoms with E-state index >= 15 is 0 Å². The number of rotatable bonds is 6. The van der Waals surface area contributed by atoms with Crippen LogP contribution in [0.5, 0.6) is 0 Å². The number of hydrogen-bond donors (Lipinski definition) is 1. The summed E-state index contributed by atoms with van der Waals surface area (Å²) in [6.07, 6.45) is 11.3. The van der Waals surface area contributed by atoms with Crippen molar-refractivity contribution < 1.29 is 4.79 Å². The maximum absolute atomic E-state index is 12.4. The van der Waals surface area contributed by atoms with Crippen LogP contribution in [0.1, 0.15) is 64.0 Å². The van der Waals surface area contributed by atoms with Gasteiger partial charge < -0.3 is 4.90 Å². The van der Waals surface area contributed by atoms with Crippen molar-refractivity contribution in [1.82, 2.24) is 20.3 Å². The Morgan fingerprint density at radius 3 is 3.05 bits per heavy atom. The molecule has 2 rings (SSSR count). The van der Waals surface area contributed by atoms with Gasteiger partial charge in [0.15, 0.2) is 0 Å². The Morgan fingerprint density at radius 2 is 2.30 bits per heavy atom. The molecule has 0 radical (unpaired) electrons. The van der Waals surface area contributed by atoms with Crippen molar-refractivity contribution >= 4 is 5.91 Å². The van der Waals surface area contributed by atoms with Gasteiger partial charge in [0.2, 0.25) is 5.91 Å². The molecule has 0 bridgehead atoms. The number of aromatic amines is 1. The minimum atomic E-state index is 0.346. The molecule has 0 saturated carbocycles. The number of amides is 1. The molecule has 1 amide bonds. The highest BCUT2D eigenvalue weighted by Crippen LogP contribution is 2.20. The predicted octanol–water partition coefficient (Wildman–Crippen LogP) is 2.70. The Balaban J connectivity index is 1.72. The number of unbranched alkanes of at least 4 members (excludes halogenated alkanes) is 1. The molecule has 1 aromatic heterocycles. The number of nitrogens with one attached hydrogen (secondary N) is 1. The van der Waals surface area contributed by atoms with Crippen LogP contribution >= 0.6 is 0 Å².